The van der Waals surface area contributed by atoms with Crippen molar-refractivity contribution < 1.29 is 4.79 Å². The average Bonchev–Trinajstić information content (AvgIpc) is 3.09. The van der Waals surface area contributed by atoms with Gasteiger partial charge in [0.25, 0.3) is 0 Å². The summed E-state index contributed by atoms with van der Waals surface area (Å²) in [5, 5.41) is 4.30. The Morgan fingerprint density at radius 2 is 2.04 bits per heavy atom. The van der Waals surface area contributed by atoms with E-state index in [-0.39, 0.29) is 18.1 Å². The summed E-state index contributed by atoms with van der Waals surface area (Å²) in [7, 11) is 0. The molecule has 1 aliphatic carbocycles. The highest BCUT2D eigenvalue weighted by atomic mass is 35.5. The number of halogens is 2. The predicted molar refractivity (Wildman–Crippen MR) is 114 cm³/mol. The van der Waals surface area contributed by atoms with Crippen LogP contribution in [0.1, 0.15) is 57.3 Å². The van der Waals surface area contributed by atoms with E-state index in [0.29, 0.717) is 23.1 Å². The Labute approximate surface area is 177 Å². The van der Waals surface area contributed by atoms with Gasteiger partial charge in [0.1, 0.15) is 5.82 Å². The summed E-state index contributed by atoms with van der Waals surface area (Å²) >= 11 is 12.3. The predicted octanol–water partition coefficient (Wildman–Crippen LogP) is 5.49. The zero-order valence-corrected chi connectivity index (χ0v) is 18.0. The highest BCUT2D eigenvalue weighted by Crippen LogP contribution is 2.25. The summed E-state index contributed by atoms with van der Waals surface area (Å²) < 4.78 is 2.05. The van der Waals surface area contributed by atoms with Gasteiger partial charge in [0.15, 0.2) is 0 Å². The van der Waals surface area contributed by atoms with Crippen molar-refractivity contribution in [3.8, 4) is 0 Å². The maximum atomic E-state index is 12.9. The molecule has 1 aromatic carbocycles. The maximum absolute atomic E-state index is 12.9. The molecule has 0 aliphatic heterocycles. The molecule has 2 aromatic rings. The van der Waals surface area contributed by atoms with Gasteiger partial charge in [-0.15, -0.1) is 0 Å². The van der Waals surface area contributed by atoms with E-state index in [0.717, 1.165) is 24.2 Å². The number of rotatable bonds is 6. The molecule has 0 spiro atoms. The number of nitrogens with zero attached hydrogens (tertiary/aromatic N) is 3. The third-order valence-corrected chi connectivity index (χ3v) is 5.74. The second kappa shape index (κ2) is 9.66. The zero-order valence-electron chi connectivity index (χ0n) is 16.5. The van der Waals surface area contributed by atoms with Crippen LogP contribution in [0.25, 0.3) is 0 Å². The summed E-state index contributed by atoms with van der Waals surface area (Å²) in [6.07, 6.45) is 9.40. The summed E-state index contributed by atoms with van der Waals surface area (Å²) in [4.78, 5) is 19.4. The van der Waals surface area contributed by atoms with E-state index in [1.165, 1.54) is 19.3 Å². The van der Waals surface area contributed by atoms with Crippen molar-refractivity contribution in [2.24, 2.45) is 0 Å². The fraction of sp³-hybridized carbons (Fsp3) is 0.524. The zero-order chi connectivity index (χ0) is 20.1. The van der Waals surface area contributed by atoms with E-state index in [9.17, 15) is 4.79 Å². The van der Waals surface area contributed by atoms with Gasteiger partial charge >= 0.3 is 6.03 Å². The van der Waals surface area contributed by atoms with Crippen LogP contribution in [0.2, 0.25) is 10.0 Å². The molecule has 1 aromatic heterocycles. The highest BCUT2D eigenvalue weighted by Gasteiger charge is 2.27. The number of hydrogen-bond donors (Lipinski definition) is 1. The molecule has 3 rings (SSSR count). The Bertz CT molecular complexity index is 799. The van der Waals surface area contributed by atoms with Crippen molar-refractivity contribution in [2.75, 3.05) is 0 Å². The van der Waals surface area contributed by atoms with Crippen molar-refractivity contribution >= 4 is 29.2 Å². The van der Waals surface area contributed by atoms with Crippen LogP contribution in [0.4, 0.5) is 4.79 Å². The molecule has 5 nitrogen and oxygen atoms in total. The molecule has 28 heavy (non-hydrogen) atoms. The van der Waals surface area contributed by atoms with Crippen LogP contribution < -0.4 is 5.32 Å². The lowest BCUT2D eigenvalue weighted by Gasteiger charge is -2.34. The Morgan fingerprint density at radius 1 is 1.29 bits per heavy atom. The average molecular weight is 423 g/mol. The van der Waals surface area contributed by atoms with Crippen molar-refractivity contribution in [1.82, 2.24) is 19.8 Å². The van der Waals surface area contributed by atoms with Crippen LogP contribution in [0, 0.1) is 0 Å². The van der Waals surface area contributed by atoms with Crippen LogP contribution in [-0.2, 0) is 13.1 Å². The fourth-order valence-electron chi connectivity index (χ4n) is 3.71. The van der Waals surface area contributed by atoms with E-state index in [1.54, 1.807) is 12.3 Å². The molecular weight excluding hydrogens is 395 g/mol. The molecule has 2 amide bonds. The second-order valence-electron chi connectivity index (χ2n) is 7.73. The van der Waals surface area contributed by atoms with E-state index >= 15 is 0 Å². The van der Waals surface area contributed by atoms with Crippen molar-refractivity contribution in [3.05, 3.63) is 52.0 Å². The molecule has 152 valence electrons. The van der Waals surface area contributed by atoms with Crippen LogP contribution in [-0.4, -0.2) is 32.6 Å². The SMILES string of the molecule is CC(C)NC(=O)N(Cc1nccn1Cc1ccc(Cl)cc1Cl)C1CCCCC1. The number of amides is 2. The summed E-state index contributed by atoms with van der Waals surface area (Å²) in [5.41, 5.74) is 0.973. The summed E-state index contributed by atoms with van der Waals surface area (Å²) in [5.74, 6) is 0.857. The lowest BCUT2D eigenvalue weighted by Crippen LogP contribution is -2.48. The molecule has 0 atom stereocenters. The van der Waals surface area contributed by atoms with Crippen molar-refractivity contribution in [1.29, 1.82) is 0 Å². The van der Waals surface area contributed by atoms with E-state index in [1.807, 2.05) is 41.6 Å². The number of carbonyl (C=O) groups excluding carboxylic acids is 1. The van der Waals surface area contributed by atoms with E-state index < -0.39 is 0 Å². The van der Waals surface area contributed by atoms with E-state index in [2.05, 4.69) is 10.3 Å². The molecule has 0 saturated heterocycles. The maximum Gasteiger partial charge on any atom is 0.318 e. The smallest absolute Gasteiger partial charge is 0.318 e. The van der Waals surface area contributed by atoms with Crippen LogP contribution in [0.5, 0.6) is 0 Å². The Morgan fingerprint density at radius 3 is 2.71 bits per heavy atom. The number of urea groups is 1. The molecule has 7 heteroatoms. The molecule has 0 bridgehead atoms. The minimum atomic E-state index is -0.0130. The minimum absolute atomic E-state index is 0.0130. The van der Waals surface area contributed by atoms with Gasteiger partial charge in [0.05, 0.1) is 13.1 Å². The number of carbonyl (C=O) groups is 1. The fourth-order valence-corrected chi connectivity index (χ4v) is 4.18. The topological polar surface area (TPSA) is 50.2 Å². The molecule has 0 unspecified atom stereocenters. The van der Waals surface area contributed by atoms with Crippen LogP contribution in [0.3, 0.4) is 0 Å². The molecule has 1 heterocycles. The number of imidazole rings is 1. The van der Waals surface area contributed by atoms with Crippen LogP contribution >= 0.6 is 23.2 Å². The van der Waals surface area contributed by atoms with Crippen molar-refractivity contribution in [2.45, 2.75) is 71.1 Å². The third-order valence-electron chi connectivity index (χ3n) is 5.16. The first-order valence-electron chi connectivity index (χ1n) is 9.95. The van der Waals surface area contributed by atoms with Gasteiger partial charge in [-0.3, -0.25) is 0 Å². The highest BCUT2D eigenvalue weighted by molar-refractivity contribution is 6.35. The lowest BCUT2D eigenvalue weighted by molar-refractivity contribution is 0.146. The molecule has 1 aliphatic rings. The Hall–Kier alpha value is -1.72. The first kappa shape index (κ1) is 21.0. The molecule has 1 fully saturated rings. The largest absolute Gasteiger partial charge is 0.336 e. The third kappa shape index (κ3) is 5.42. The van der Waals surface area contributed by atoms with E-state index in [4.69, 9.17) is 23.2 Å². The van der Waals surface area contributed by atoms with Gasteiger partial charge in [0.2, 0.25) is 0 Å². The van der Waals surface area contributed by atoms with Crippen molar-refractivity contribution in [3.63, 3.8) is 0 Å². The van der Waals surface area contributed by atoms with Gasteiger partial charge in [-0.25, -0.2) is 9.78 Å². The van der Waals surface area contributed by atoms with Gasteiger partial charge < -0.3 is 14.8 Å². The monoisotopic (exact) mass is 422 g/mol. The first-order chi connectivity index (χ1) is 13.4. The quantitative estimate of drug-likeness (QED) is 0.668. The summed E-state index contributed by atoms with van der Waals surface area (Å²) in [6.45, 7) is 5.05. The Balaban J connectivity index is 1.79. The summed E-state index contributed by atoms with van der Waals surface area (Å²) in [6, 6.07) is 5.87. The standard InChI is InChI=1S/C21H28Cl2N4O/c1-15(2)25-21(28)27(18-6-4-3-5-7-18)14-20-24-10-11-26(20)13-16-8-9-17(22)12-19(16)23/h8-12,15,18H,3-7,13-14H2,1-2H3,(H,25,28). The molecule has 1 saturated carbocycles. The number of benzene rings is 1. The molecule has 1 N–H and O–H groups in total. The van der Waals surface area contributed by atoms with Gasteiger partial charge in [-0.1, -0.05) is 48.5 Å². The molecular formula is C21H28Cl2N4O. The Kier molecular flexibility index (Phi) is 7.24. The van der Waals surface area contributed by atoms with Gasteiger partial charge in [-0.05, 0) is 44.4 Å². The second-order valence-corrected chi connectivity index (χ2v) is 8.57. The number of nitrogens with one attached hydrogen (secondary N) is 1. The van der Waals surface area contributed by atoms with Crippen LogP contribution in [0.15, 0.2) is 30.6 Å². The van der Waals surface area contributed by atoms with Gasteiger partial charge in [-0.2, -0.15) is 0 Å². The lowest BCUT2D eigenvalue weighted by atomic mass is 9.94. The molecule has 0 radical (unpaired) electrons. The first-order valence-corrected chi connectivity index (χ1v) is 10.7. The van der Waals surface area contributed by atoms with Gasteiger partial charge in [0, 0.05) is 34.5 Å². The number of hydrogen-bond acceptors (Lipinski definition) is 2. The normalized spacial score (nSPS) is 15.0. The number of aromatic nitrogens is 2. The minimum Gasteiger partial charge on any atom is -0.336 e.